The first kappa shape index (κ1) is 12.0. The summed E-state index contributed by atoms with van der Waals surface area (Å²) in [6.45, 7) is 7.03. The molecule has 1 aliphatic heterocycles. The fourth-order valence-electron chi connectivity index (χ4n) is 1.25. The molecule has 72 valence electrons. The van der Waals surface area contributed by atoms with Crippen LogP contribution in [0.25, 0.3) is 0 Å². The van der Waals surface area contributed by atoms with Crippen molar-refractivity contribution in [3.63, 3.8) is 0 Å². The lowest BCUT2D eigenvalue weighted by molar-refractivity contribution is 0.811. The van der Waals surface area contributed by atoms with Crippen LogP contribution in [0.2, 0.25) is 19.6 Å². The van der Waals surface area contributed by atoms with Crippen LogP contribution in [0.1, 0.15) is 0 Å². The maximum Gasteiger partial charge on any atom is 0.195 e. The van der Waals surface area contributed by atoms with E-state index >= 15 is 0 Å². The first-order chi connectivity index (χ1) is 5.46. The minimum absolute atomic E-state index is 0.885. The van der Waals surface area contributed by atoms with Gasteiger partial charge in [0.25, 0.3) is 0 Å². The molecule has 3 nitrogen and oxygen atoms in total. The topological polar surface area (TPSA) is 9.72 Å². The third-order valence-corrected chi connectivity index (χ3v) is 24.9. The van der Waals surface area contributed by atoms with Crippen molar-refractivity contribution in [1.29, 1.82) is 0 Å². The molecule has 0 bridgehead atoms. The van der Waals surface area contributed by atoms with Crippen molar-refractivity contribution in [3.05, 3.63) is 0 Å². The second kappa shape index (κ2) is 4.66. The van der Waals surface area contributed by atoms with Crippen molar-refractivity contribution in [2.24, 2.45) is 0 Å². The summed E-state index contributed by atoms with van der Waals surface area (Å²) in [6, 6.07) is 0. The van der Waals surface area contributed by atoms with Crippen molar-refractivity contribution in [1.82, 2.24) is 9.77 Å². The van der Waals surface area contributed by atoms with Gasteiger partial charge < -0.3 is 0 Å². The lowest BCUT2D eigenvalue weighted by atomic mass is 11.9. The van der Waals surface area contributed by atoms with Gasteiger partial charge >= 0.3 is 0 Å². The molecule has 1 saturated heterocycles. The van der Waals surface area contributed by atoms with E-state index in [-0.39, 0.29) is 0 Å². The third kappa shape index (κ3) is 2.14. The molecule has 0 aromatic rings. The highest BCUT2D eigenvalue weighted by Crippen LogP contribution is 2.26. The predicted molar refractivity (Wildman–Crippen MR) is 71.3 cm³/mol. The maximum absolute atomic E-state index is 3.66. The summed E-state index contributed by atoms with van der Waals surface area (Å²) >= 11 is 11.0. The molecule has 0 spiro atoms. The number of rotatable bonds is 0. The highest BCUT2D eigenvalue weighted by Gasteiger charge is 2.40. The van der Waals surface area contributed by atoms with Gasteiger partial charge in [0.05, 0.1) is 0 Å². The van der Waals surface area contributed by atoms with Crippen molar-refractivity contribution < 1.29 is 0 Å². The Hall–Kier alpha value is 1.97. The second-order valence-electron chi connectivity index (χ2n) is 2.93. The fraction of sp³-hybridized carbons (Fsp3) is 1.00. The molecule has 0 N–H and O–H groups in total. The highest BCUT2D eigenvalue weighted by molar-refractivity contribution is 9.10. The zero-order valence-electron chi connectivity index (χ0n) is 7.21. The van der Waals surface area contributed by atoms with Crippen molar-refractivity contribution in [2.45, 2.75) is 19.6 Å². The van der Waals surface area contributed by atoms with Crippen LogP contribution < -0.4 is 0 Å². The quantitative estimate of drug-likeness (QED) is 0.439. The van der Waals surface area contributed by atoms with Crippen molar-refractivity contribution in [3.8, 4) is 0 Å². The molecule has 1 heterocycles. The number of hydrogen-bond donors (Lipinski definition) is 0. The molecule has 0 aliphatic carbocycles. The normalized spacial score (nSPS) is 42.0. The van der Waals surface area contributed by atoms with Crippen molar-refractivity contribution >= 4 is 75.8 Å². The Morgan fingerprint density at radius 3 is 1.00 bits per heavy atom. The van der Waals surface area contributed by atoms with Crippen LogP contribution in [-0.2, 0) is 0 Å². The molecule has 0 aromatic carbocycles. The standard InChI is InChI=1S/C3H12Br3N3Si3/c1-10-7(4)11(2)9(6)12(3)8(10)5/h10-12H,1-3H3. The third-order valence-electron chi connectivity index (χ3n) is 2.14. The largest absolute Gasteiger partial charge is 0.262 e. The van der Waals surface area contributed by atoms with E-state index in [9.17, 15) is 0 Å². The summed E-state index contributed by atoms with van der Waals surface area (Å²) in [5.74, 6) is 0. The molecule has 0 saturated carbocycles. The summed E-state index contributed by atoms with van der Waals surface area (Å²) in [6.07, 6.45) is 0. The Bertz CT molecular complexity index is 116. The van der Waals surface area contributed by atoms with E-state index < -0.39 is 27.4 Å². The number of halogens is 3. The van der Waals surface area contributed by atoms with Gasteiger partial charge in [-0.25, -0.2) is 0 Å². The molecular weight excluding hydrogens is 402 g/mol. The summed E-state index contributed by atoms with van der Waals surface area (Å²) in [5.41, 5.74) is 0. The van der Waals surface area contributed by atoms with E-state index in [1.54, 1.807) is 0 Å². The molecule has 1 fully saturated rings. The van der Waals surface area contributed by atoms with Gasteiger partial charge in [-0.15, -0.1) is 0 Å². The average molecular weight is 414 g/mol. The smallest absolute Gasteiger partial charge is 0.195 e. The molecular formula is C3H12Br3N3Si3. The van der Waals surface area contributed by atoms with Crippen LogP contribution >= 0.6 is 48.4 Å². The molecule has 0 aromatic heterocycles. The minimum Gasteiger partial charge on any atom is -0.262 e. The molecule has 12 heavy (non-hydrogen) atoms. The summed E-state index contributed by atoms with van der Waals surface area (Å²) in [7, 11) is -2.66. The highest BCUT2D eigenvalue weighted by atomic mass is 79.9. The zero-order valence-corrected chi connectivity index (χ0v) is 15.4. The molecule has 1 rings (SSSR count). The molecule has 1 aliphatic rings. The van der Waals surface area contributed by atoms with Gasteiger partial charge in [-0.2, -0.15) is 0 Å². The van der Waals surface area contributed by atoms with Crippen LogP contribution in [0.15, 0.2) is 0 Å². The van der Waals surface area contributed by atoms with E-state index in [2.05, 4.69) is 77.9 Å². The van der Waals surface area contributed by atoms with E-state index in [1.807, 2.05) is 0 Å². The molecule has 0 atom stereocenters. The van der Waals surface area contributed by atoms with Crippen LogP contribution in [-0.4, -0.2) is 37.1 Å². The first-order valence-corrected chi connectivity index (χ1v) is 12.5. The number of hydrogen-bond acceptors (Lipinski definition) is 3. The van der Waals surface area contributed by atoms with Gasteiger partial charge in [-0.3, -0.25) is 9.77 Å². The molecule has 0 radical (unpaired) electrons. The van der Waals surface area contributed by atoms with Gasteiger partial charge in [0.2, 0.25) is 0 Å². The Labute approximate surface area is 104 Å². The van der Waals surface area contributed by atoms with Crippen LogP contribution in [0.4, 0.5) is 0 Å². The van der Waals surface area contributed by atoms with E-state index in [1.165, 1.54) is 0 Å². The molecule has 9 heteroatoms. The summed E-state index contributed by atoms with van der Waals surface area (Å²) in [4.78, 5) is 0. The Kier molecular flexibility index (Phi) is 4.68. The van der Waals surface area contributed by atoms with Gasteiger partial charge in [0.1, 0.15) is 0 Å². The Morgan fingerprint density at radius 2 is 0.833 bits per heavy atom. The van der Waals surface area contributed by atoms with Gasteiger partial charge in [-0.05, 0) is 68.1 Å². The van der Waals surface area contributed by atoms with Crippen LogP contribution in [0, 0.1) is 0 Å². The maximum atomic E-state index is 3.66. The zero-order chi connectivity index (χ0) is 9.46. The SMILES string of the molecule is C[SiH]1N(Br)[SiH](C)N(Br)[SiH](C)N1Br. The van der Waals surface area contributed by atoms with Gasteiger partial charge in [0, 0.05) is 0 Å². The van der Waals surface area contributed by atoms with Crippen LogP contribution in [0.5, 0.6) is 0 Å². The van der Waals surface area contributed by atoms with Crippen LogP contribution in [0.3, 0.4) is 0 Å². The lowest BCUT2D eigenvalue weighted by Gasteiger charge is -2.46. The molecule has 0 amide bonds. The van der Waals surface area contributed by atoms with E-state index in [0.717, 1.165) is 0 Å². The predicted octanol–water partition coefficient (Wildman–Crippen LogP) is 1.39. The van der Waals surface area contributed by atoms with Gasteiger partial charge in [-0.1, -0.05) is 0 Å². The second-order valence-corrected chi connectivity index (χ2v) is 18.8. The Morgan fingerprint density at radius 1 is 0.667 bits per heavy atom. The minimum atomic E-state index is -0.885. The summed E-state index contributed by atoms with van der Waals surface area (Å²) in [5, 5.41) is 0. The molecule has 0 unspecified atom stereocenters. The lowest BCUT2D eigenvalue weighted by Crippen LogP contribution is -2.67. The average Bonchev–Trinajstić information content (AvgIpc) is 2.08. The Balaban J connectivity index is 2.76. The number of nitrogens with zero attached hydrogens (tertiary/aromatic N) is 3. The monoisotopic (exact) mass is 411 g/mol. The van der Waals surface area contributed by atoms with Gasteiger partial charge in [0.15, 0.2) is 27.4 Å². The first-order valence-electron chi connectivity index (χ1n) is 3.79. The van der Waals surface area contributed by atoms with E-state index in [0.29, 0.717) is 0 Å². The fourth-order valence-corrected chi connectivity index (χ4v) is 22.6. The summed E-state index contributed by atoms with van der Waals surface area (Å²) < 4.78 is 7.22. The van der Waals surface area contributed by atoms with E-state index in [4.69, 9.17) is 0 Å². The van der Waals surface area contributed by atoms with Crippen molar-refractivity contribution in [2.75, 3.05) is 0 Å².